The molecular formula is C48H101NO6P+. The zero-order valence-corrected chi connectivity index (χ0v) is 30.7. The molecule has 0 aromatic rings. The number of nitrogens with zero attached hydrogens (tertiary/aromatic N) is 1. The Hall–Kier alpha value is -0.0100. The van der Waals surface area contributed by atoms with Gasteiger partial charge in [-0.25, -0.2) is 4.57 Å². The van der Waals surface area contributed by atoms with E-state index >= 15 is 0 Å². The lowest BCUT2D eigenvalue weighted by atomic mass is 9.91. The van der Waals surface area contributed by atoms with Crippen molar-refractivity contribution >= 4 is 7.82 Å². The second-order valence-corrected chi connectivity index (χ2v) is 11.8. The SMILES string of the molecule is [2H]C([2H])([2H])C([2H])(C([2H])([2H])[2H])C([2H])([2H])C([2H])([2H])C([2H])([2H])C([2H])(C([2H])([2H])[2H])C([2H])([2H])C([2H])([2H])C([2H])([2H])C([2H])(C([2H])([2H])[2H])C([2H])([2H])C([2H])([2H])C([2H])([2H])C([2H])(C([2H])([2H])[2H])C([2H])([2H])C([2H])([2H])OC[C@H](COP(=O)(O)OCC[N+](C)(C)C)OC([2H])([2H])C([2H])([2H])C([2H])(C([2H])([2H])[2H])C([2H])([2H])C([2H])([2H])C([2H])([2H])C([2H])(C([2H])([2H])[2H])C([2H])([2H])C([2H])([2H])C([2H])([2H])C([2H])(C([2H])([2H])[2H])C([2H])([2H])C([2H])([2H])C([2H])([2H])C([2H])(C([2H])([2H])[2H])C([2H])([2H])[2H]. The van der Waals surface area contributed by atoms with Crippen LogP contribution in [0, 0.1) is 47.2 Å². The molecule has 0 aromatic heterocycles. The van der Waals surface area contributed by atoms with Crippen molar-refractivity contribution in [2.45, 2.75) is 202 Å². The Morgan fingerprint density at radius 3 is 1.29 bits per heavy atom. The van der Waals surface area contributed by atoms with Gasteiger partial charge >= 0.3 is 7.82 Å². The van der Waals surface area contributed by atoms with Gasteiger partial charge in [-0.15, -0.1) is 0 Å². The lowest BCUT2D eigenvalue weighted by Crippen LogP contribution is -2.37. The number of likely N-dealkylation sites (N-methyl/N-ethyl adjacent to an activating group) is 1. The molecule has 0 radical (unpaired) electrons. The summed E-state index contributed by atoms with van der Waals surface area (Å²) in [5, 5.41) is 0. The summed E-state index contributed by atoms with van der Waals surface area (Å²) in [6.07, 6.45) is -123. The van der Waals surface area contributed by atoms with Gasteiger partial charge in [0.1, 0.15) is 19.3 Å². The molecule has 0 amide bonds. The second-order valence-electron chi connectivity index (χ2n) is 10.4. The van der Waals surface area contributed by atoms with Crippen LogP contribution in [-0.4, -0.2) is 76.1 Å². The van der Waals surface area contributed by atoms with Gasteiger partial charge in [0.05, 0.1) is 39.8 Å². The molecule has 0 bridgehead atoms. The fourth-order valence-corrected chi connectivity index (χ4v) is 3.01. The predicted octanol–water partition coefficient (Wildman–Crippen LogP) is 14.2. The topological polar surface area (TPSA) is 74.2 Å². The third-order valence-corrected chi connectivity index (χ3v) is 5.59. The third-order valence-electron chi connectivity index (χ3n) is 4.61. The molecule has 0 aromatic carbocycles. The predicted molar refractivity (Wildman–Crippen MR) is 242 cm³/mol. The van der Waals surface area contributed by atoms with E-state index in [1.165, 1.54) is 21.1 Å². The Bertz CT molecular complexity index is 4250. The van der Waals surface area contributed by atoms with Crippen molar-refractivity contribution < 1.29 is 145 Å². The maximum atomic E-state index is 13.5. The second kappa shape index (κ2) is 33.7. The van der Waals surface area contributed by atoms with Crippen LogP contribution in [0.4, 0.5) is 0 Å². The van der Waals surface area contributed by atoms with Crippen LogP contribution in [0.2, 0.25) is 0 Å². The number of hydrogen-bond donors (Lipinski definition) is 1. The lowest BCUT2D eigenvalue weighted by Gasteiger charge is -2.24. The van der Waals surface area contributed by atoms with Gasteiger partial charge in [-0.1, -0.05) is 183 Å². The maximum absolute atomic E-state index is 13.5. The van der Waals surface area contributed by atoms with Crippen LogP contribution >= 0.6 is 7.82 Å². The number of hydrogen-bond acceptors (Lipinski definition) is 5. The van der Waals surface area contributed by atoms with E-state index in [2.05, 4.69) is 4.52 Å². The van der Waals surface area contributed by atoms with Gasteiger partial charge in [-0.3, -0.25) is 9.05 Å². The van der Waals surface area contributed by atoms with Crippen LogP contribution in [0.15, 0.2) is 0 Å². The largest absolute Gasteiger partial charge is 0.472 e. The molecule has 338 valence electrons. The highest BCUT2D eigenvalue weighted by molar-refractivity contribution is 7.47. The van der Waals surface area contributed by atoms with E-state index in [1.54, 1.807) is 0 Å². The summed E-state index contributed by atoms with van der Waals surface area (Å²) < 4.78 is 733. The number of ether oxygens (including phenoxy) is 2. The van der Waals surface area contributed by atoms with Gasteiger partial charge in [-0.05, 0) is 59.9 Å². The fraction of sp³-hybridized carbons (Fsp3) is 1.00. The smallest absolute Gasteiger partial charge is 0.379 e. The number of rotatable bonds is 40. The number of phosphoric acid groups is 1. The molecule has 1 N–H and O–H groups in total. The molecule has 0 aliphatic heterocycles. The summed E-state index contributed by atoms with van der Waals surface area (Å²) in [5.41, 5.74) is 0. The van der Waals surface area contributed by atoms with Crippen molar-refractivity contribution in [3.8, 4) is 0 Å². The quantitative estimate of drug-likeness (QED) is 0.0488. The van der Waals surface area contributed by atoms with Crippen molar-refractivity contribution in [2.75, 3.05) is 60.6 Å². The minimum absolute atomic E-state index is 0.222. The van der Waals surface area contributed by atoms with Crippen LogP contribution < -0.4 is 0 Å². The first-order valence-corrected chi connectivity index (χ1v) is 16.2. The molecule has 0 aliphatic carbocycles. The summed E-state index contributed by atoms with van der Waals surface area (Å²) in [7, 11) is -1.96. The Morgan fingerprint density at radius 2 is 0.911 bits per heavy atom. The first kappa shape index (κ1) is 9.02. The zero-order chi connectivity index (χ0) is 114. The number of quaternary nitrogens is 1. The molecule has 0 rings (SSSR count). The van der Waals surface area contributed by atoms with Crippen LogP contribution in [0.5, 0.6) is 0 Å². The van der Waals surface area contributed by atoms with Crippen molar-refractivity contribution in [3.63, 3.8) is 0 Å². The van der Waals surface area contributed by atoms with Crippen molar-refractivity contribution in [1.82, 2.24) is 0 Å². The third kappa shape index (κ3) is 38.2. The van der Waals surface area contributed by atoms with E-state index < -0.39 is 290 Å². The molecule has 0 saturated carbocycles. The average molecular weight is 902 g/mol. The summed E-state index contributed by atoms with van der Waals surface area (Å²) in [4.78, 5) is 10.8. The Labute approximate surface area is 466 Å². The van der Waals surface area contributed by atoms with Gasteiger partial charge in [-0.2, -0.15) is 0 Å². The zero-order valence-electron chi connectivity index (χ0n) is 112. The van der Waals surface area contributed by atoms with Crippen molar-refractivity contribution in [3.05, 3.63) is 0 Å². The molecular weight excluding hydrogens is 718 g/mol. The monoisotopic (exact) mass is 901 g/mol. The Balaban J connectivity index is 9.89. The molecule has 0 saturated heterocycles. The molecule has 0 heterocycles. The Morgan fingerprint density at radius 1 is 0.536 bits per heavy atom. The normalized spacial score (nSPS) is 50.8. The van der Waals surface area contributed by atoms with Crippen molar-refractivity contribution in [2.24, 2.45) is 47.2 Å². The molecule has 0 fully saturated rings. The highest BCUT2D eigenvalue weighted by Crippen LogP contribution is 2.43. The molecule has 0 spiro atoms. The molecule has 56 heavy (non-hydrogen) atoms. The average Bonchev–Trinajstić information content (AvgIpc) is 0.658. The van der Waals surface area contributed by atoms with Crippen LogP contribution in [0.1, 0.15) is 308 Å². The highest BCUT2D eigenvalue weighted by atomic mass is 31.2. The molecule has 8 atom stereocenters. The summed E-state index contributed by atoms with van der Waals surface area (Å²) in [5.74, 6) is -46.8. The van der Waals surface area contributed by atoms with E-state index in [0.717, 1.165) is 0 Å². The van der Waals surface area contributed by atoms with Gasteiger partial charge in [0.25, 0.3) is 0 Å². The molecule has 7 nitrogen and oxygen atoms in total. The van der Waals surface area contributed by atoms with Gasteiger partial charge in [0.2, 0.25) is 0 Å². The van der Waals surface area contributed by atoms with Gasteiger partial charge in [0.15, 0.2) is 0 Å². The standard InChI is InChI=1S/C48H100NO6P/c1-40(2)20-14-22-42(5)24-16-26-44(7)28-18-30-46(9)32-35-52-38-48(39-55-56(50,51)54-37-34-49(11,12)13)53-36-33-47(10)31-19-29-45(8)27-17-25-43(6)23-15-21-41(3)4/h40-48H,14-39H2,1-13H3/p+1/t42?,43?,44?,45?,46?,47?,48-/m1/s1/i1D3,2D3,3D3,4D3,5D3,6D3,7D3,8D3,9D3,10D3,14D2,15D2,16D2,17D2,18D2,19D2,20D2,21D2,22D2,23D2,24D2,25D2,26D2,27D2,28D2,29D2,30D2,31D2,32D2,33D2,35D2,36D2,40D,41D,42D,43D,44D,45D,46D,47D. The van der Waals surface area contributed by atoms with E-state index in [1.807, 2.05) is 0 Å². The highest BCUT2D eigenvalue weighted by Gasteiger charge is 2.25. The lowest BCUT2D eigenvalue weighted by molar-refractivity contribution is -0.870. The van der Waals surface area contributed by atoms with E-state index in [0.29, 0.717) is 0 Å². The fourth-order valence-electron chi connectivity index (χ4n) is 2.27. The first-order valence-electron chi connectivity index (χ1n) is 55.7. The first-order chi connectivity index (χ1) is 58.0. The minimum Gasteiger partial charge on any atom is -0.379 e. The van der Waals surface area contributed by atoms with Crippen LogP contribution in [-0.2, 0) is 23.1 Å². The van der Waals surface area contributed by atoms with Crippen LogP contribution in [0.3, 0.4) is 0 Å². The van der Waals surface area contributed by atoms with E-state index in [9.17, 15) is 12.2 Å². The summed E-state index contributed by atoms with van der Waals surface area (Å²) in [6, 6.07) is 0. The van der Waals surface area contributed by atoms with Crippen molar-refractivity contribution in [1.29, 1.82) is 0 Å². The van der Waals surface area contributed by atoms with Gasteiger partial charge < -0.3 is 18.9 Å². The van der Waals surface area contributed by atoms with Gasteiger partial charge in [0, 0.05) is 120 Å². The molecule has 7 unspecified atom stereocenters. The van der Waals surface area contributed by atoms with Crippen LogP contribution in [0.25, 0.3) is 0 Å². The maximum Gasteiger partial charge on any atom is 0.472 e. The Kier molecular flexibility index (Phi) is 5.43. The summed E-state index contributed by atoms with van der Waals surface area (Å²) in [6.45, 7) is -69.7. The summed E-state index contributed by atoms with van der Waals surface area (Å²) >= 11 is 0. The van der Waals surface area contributed by atoms with E-state index in [-0.39, 0.29) is 11.0 Å². The molecule has 8 heteroatoms. The minimum atomic E-state index is -6.24. The van der Waals surface area contributed by atoms with E-state index in [4.69, 9.17) is 124 Å². The number of phosphoric ester groups is 1. The molecule has 0 aliphatic rings.